The van der Waals surface area contributed by atoms with Crippen molar-refractivity contribution in [3.05, 3.63) is 34.2 Å². The van der Waals surface area contributed by atoms with Crippen LogP contribution in [0.15, 0.2) is 28.7 Å². The molecule has 2 heterocycles. The van der Waals surface area contributed by atoms with E-state index in [9.17, 15) is 9.90 Å². The van der Waals surface area contributed by atoms with E-state index in [1.807, 2.05) is 13.0 Å². The number of aliphatic hydroxyl groups excluding tert-OH is 1. The number of amides is 1. The Hall–Kier alpha value is -1.37. The Bertz CT molecular complexity index is 689. The number of ether oxygens (including phenoxy) is 2. The second-order valence-corrected chi connectivity index (χ2v) is 9.12. The van der Waals surface area contributed by atoms with E-state index in [1.165, 1.54) is 24.8 Å². The molecular formula is C22H31NO4S. The summed E-state index contributed by atoms with van der Waals surface area (Å²) in [6, 6.07) is 2.39. The molecule has 2 aliphatic carbocycles. The van der Waals surface area contributed by atoms with E-state index < -0.39 is 6.29 Å². The summed E-state index contributed by atoms with van der Waals surface area (Å²) in [5.74, 6) is 1.84. The molecule has 2 bridgehead atoms. The Morgan fingerprint density at radius 2 is 2.29 bits per heavy atom. The average molecular weight is 406 g/mol. The van der Waals surface area contributed by atoms with E-state index in [-0.39, 0.29) is 30.4 Å². The lowest BCUT2D eigenvalue weighted by molar-refractivity contribution is -0.166. The van der Waals surface area contributed by atoms with Crippen molar-refractivity contribution in [2.75, 3.05) is 13.2 Å². The van der Waals surface area contributed by atoms with Gasteiger partial charge in [-0.25, -0.2) is 0 Å². The van der Waals surface area contributed by atoms with Crippen LogP contribution in [0.3, 0.4) is 0 Å². The molecule has 2 fully saturated rings. The maximum Gasteiger partial charge on any atom is 0.286 e. The van der Waals surface area contributed by atoms with E-state index in [2.05, 4.69) is 22.1 Å². The third kappa shape index (κ3) is 4.14. The van der Waals surface area contributed by atoms with Crippen LogP contribution in [0.25, 0.3) is 0 Å². The maximum atomic E-state index is 13.0. The number of carbonyl (C=O) groups excluding carboxylic acids is 1. The van der Waals surface area contributed by atoms with Gasteiger partial charge < -0.3 is 19.9 Å². The molecule has 4 rings (SSSR count). The summed E-state index contributed by atoms with van der Waals surface area (Å²) in [4.78, 5) is 13.0. The van der Waals surface area contributed by atoms with Crippen molar-refractivity contribution in [1.82, 2.24) is 5.32 Å². The lowest BCUT2D eigenvalue weighted by Crippen LogP contribution is -2.43. The molecule has 3 aliphatic rings. The zero-order valence-electron chi connectivity index (χ0n) is 16.5. The van der Waals surface area contributed by atoms with Crippen molar-refractivity contribution in [3.8, 4) is 0 Å². The zero-order valence-corrected chi connectivity index (χ0v) is 17.3. The van der Waals surface area contributed by atoms with Crippen LogP contribution >= 0.6 is 11.3 Å². The molecule has 2 saturated carbocycles. The van der Waals surface area contributed by atoms with Crippen LogP contribution in [0.2, 0.25) is 0 Å². The Morgan fingerprint density at radius 3 is 2.93 bits per heavy atom. The highest BCUT2D eigenvalue weighted by Crippen LogP contribution is 2.45. The molecule has 1 aromatic heterocycles. The van der Waals surface area contributed by atoms with E-state index in [0.29, 0.717) is 24.7 Å². The number of carbonyl (C=O) groups is 1. The Labute approximate surface area is 171 Å². The molecule has 0 radical (unpaired) electrons. The van der Waals surface area contributed by atoms with Crippen LogP contribution in [0.4, 0.5) is 0 Å². The molecule has 0 spiro atoms. The van der Waals surface area contributed by atoms with Crippen LogP contribution < -0.4 is 5.32 Å². The summed E-state index contributed by atoms with van der Waals surface area (Å²) < 4.78 is 12.0. The van der Waals surface area contributed by atoms with Crippen molar-refractivity contribution >= 4 is 17.2 Å². The summed E-state index contributed by atoms with van der Waals surface area (Å²) >= 11 is 1.66. The standard InChI is InChI=1S/C22H31NO4S/c1-2-26-22-17(4-3-8-24)18(16-7-9-28-13-16)12-20(27-22)21(25)23-19-11-14-5-6-15(19)10-14/h7,9,12-15,17-19,22,24H,2-6,8,10-11H2,1H3,(H,23,25). The van der Waals surface area contributed by atoms with E-state index in [4.69, 9.17) is 9.47 Å². The topological polar surface area (TPSA) is 67.8 Å². The van der Waals surface area contributed by atoms with E-state index in [0.717, 1.165) is 18.8 Å². The minimum absolute atomic E-state index is 0.0591. The number of allylic oxidation sites excluding steroid dienone is 1. The fourth-order valence-corrected chi connectivity index (χ4v) is 5.98. The van der Waals surface area contributed by atoms with Gasteiger partial charge in [0, 0.05) is 31.1 Å². The first-order valence-corrected chi connectivity index (χ1v) is 11.6. The molecule has 1 amide bonds. The summed E-state index contributed by atoms with van der Waals surface area (Å²) in [7, 11) is 0. The molecular weight excluding hydrogens is 374 g/mol. The summed E-state index contributed by atoms with van der Waals surface area (Å²) in [6.07, 6.45) is 7.90. The SMILES string of the molecule is CCOC1OC(C(=O)NC2CC3CCC2C3)=CC(c2ccsc2)C1CCCO. The predicted molar refractivity (Wildman–Crippen MR) is 109 cm³/mol. The van der Waals surface area contributed by atoms with Crippen LogP contribution in [0.1, 0.15) is 56.9 Å². The van der Waals surface area contributed by atoms with E-state index in [1.54, 1.807) is 11.3 Å². The van der Waals surface area contributed by atoms with Gasteiger partial charge >= 0.3 is 0 Å². The summed E-state index contributed by atoms with van der Waals surface area (Å²) in [6.45, 7) is 2.62. The van der Waals surface area contributed by atoms with Crippen molar-refractivity contribution in [2.45, 2.75) is 63.7 Å². The lowest BCUT2D eigenvalue weighted by Gasteiger charge is -2.37. The molecule has 6 unspecified atom stereocenters. The Morgan fingerprint density at radius 1 is 1.39 bits per heavy atom. The van der Waals surface area contributed by atoms with Crippen LogP contribution in [0, 0.1) is 17.8 Å². The molecule has 5 nitrogen and oxygen atoms in total. The van der Waals surface area contributed by atoms with Gasteiger partial charge in [0.15, 0.2) is 5.76 Å². The molecule has 6 atom stereocenters. The quantitative estimate of drug-likeness (QED) is 0.690. The highest BCUT2D eigenvalue weighted by Gasteiger charge is 2.42. The average Bonchev–Trinajstić information content (AvgIpc) is 3.45. The van der Waals surface area contributed by atoms with Gasteiger partial charge in [-0.3, -0.25) is 4.79 Å². The van der Waals surface area contributed by atoms with Crippen LogP contribution in [-0.4, -0.2) is 36.6 Å². The van der Waals surface area contributed by atoms with Gasteiger partial charge in [0.2, 0.25) is 6.29 Å². The minimum atomic E-state index is -0.466. The largest absolute Gasteiger partial charge is 0.459 e. The molecule has 6 heteroatoms. The molecule has 1 aliphatic heterocycles. The second kappa shape index (κ2) is 8.97. The normalized spacial score (nSPS) is 34.1. The summed E-state index contributed by atoms with van der Waals surface area (Å²) in [5, 5.41) is 16.8. The zero-order chi connectivity index (χ0) is 19.5. The minimum Gasteiger partial charge on any atom is -0.459 e. The van der Waals surface area contributed by atoms with Gasteiger partial charge in [0.25, 0.3) is 5.91 Å². The number of fused-ring (bicyclic) bond motifs is 2. The maximum absolute atomic E-state index is 13.0. The van der Waals surface area contributed by atoms with E-state index >= 15 is 0 Å². The predicted octanol–water partition coefficient (Wildman–Crippen LogP) is 3.80. The molecule has 0 aromatic carbocycles. The van der Waals surface area contributed by atoms with Gasteiger partial charge in [0.1, 0.15) is 0 Å². The lowest BCUT2D eigenvalue weighted by atomic mass is 9.81. The first-order valence-electron chi connectivity index (χ1n) is 10.6. The molecule has 2 N–H and O–H groups in total. The van der Waals surface area contributed by atoms with Gasteiger partial charge in [-0.2, -0.15) is 11.3 Å². The highest BCUT2D eigenvalue weighted by atomic mass is 32.1. The number of rotatable bonds is 8. The second-order valence-electron chi connectivity index (χ2n) is 8.34. The van der Waals surface area contributed by atoms with Crippen LogP contribution in [0.5, 0.6) is 0 Å². The van der Waals surface area contributed by atoms with Gasteiger partial charge in [-0.15, -0.1) is 0 Å². The van der Waals surface area contributed by atoms with Crippen LogP contribution in [-0.2, 0) is 14.3 Å². The van der Waals surface area contributed by atoms with Gasteiger partial charge in [0.05, 0.1) is 0 Å². The van der Waals surface area contributed by atoms with Crippen molar-refractivity contribution in [1.29, 1.82) is 0 Å². The monoisotopic (exact) mass is 405 g/mol. The fraction of sp³-hybridized carbons (Fsp3) is 0.682. The highest BCUT2D eigenvalue weighted by molar-refractivity contribution is 7.08. The van der Waals surface area contributed by atoms with Crippen molar-refractivity contribution in [2.24, 2.45) is 17.8 Å². The summed E-state index contributed by atoms with van der Waals surface area (Å²) in [5.41, 5.74) is 1.19. The molecule has 0 saturated heterocycles. The number of hydrogen-bond acceptors (Lipinski definition) is 5. The number of hydrogen-bond donors (Lipinski definition) is 2. The first-order chi connectivity index (χ1) is 13.7. The van der Waals surface area contributed by atoms with Crippen molar-refractivity contribution < 1.29 is 19.4 Å². The third-order valence-electron chi connectivity index (χ3n) is 6.62. The Kier molecular flexibility index (Phi) is 6.38. The number of aliphatic hydroxyl groups is 1. The smallest absolute Gasteiger partial charge is 0.286 e. The first kappa shape index (κ1) is 19.9. The number of nitrogens with one attached hydrogen (secondary N) is 1. The molecule has 1 aromatic rings. The van der Waals surface area contributed by atoms with Gasteiger partial charge in [-0.1, -0.05) is 6.42 Å². The van der Waals surface area contributed by atoms with Crippen molar-refractivity contribution in [3.63, 3.8) is 0 Å². The number of thiophene rings is 1. The fourth-order valence-electron chi connectivity index (χ4n) is 5.27. The molecule has 154 valence electrons. The third-order valence-corrected chi connectivity index (χ3v) is 7.32. The Balaban J connectivity index is 1.54. The molecule has 28 heavy (non-hydrogen) atoms. The van der Waals surface area contributed by atoms with Gasteiger partial charge in [-0.05, 0) is 79.3 Å².